The van der Waals surface area contributed by atoms with Crippen molar-refractivity contribution < 1.29 is 0 Å². The van der Waals surface area contributed by atoms with Crippen molar-refractivity contribution in [2.24, 2.45) is 11.8 Å². The monoisotopic (exact) mass is 151 g/mol. The van der Waals surface area contributed by atoms with Crippen molar-refractivity contribution in [3.05, 3.63) is 12.2 Å². The van der Waals surface area contributed by atoms with E-state index in [1.807, 2.05) is 0 Å². The molecule has 1 heterocycles. The topological polar surface area (TPSA) is 12.0 Å². The van der Waals surface area contributed by atoms with Crippen LogP contribution in [0.5, 0.6) is 0 Å². The zero-order chi connectivity index (χ0) is 7.68. The lowest BCUT2D eigenvalue weighted by atomic mass is 9.84. The van der Waals surface area contributed by atoms with Gasteiger partial charge in [0.25, 0.3) is 0 Å². The van der Waals surface area contributed by atoms with Gasteiger partial charge in [-0.2, -0.15) is 0 Å². The van der Waals surface area contributed by atoms with Gasteiger partial charge in [-0.1, -0.05) is 19.1 Å². The third kappa shape index (κ3) is 1.34. The molecule has 3 atom stereocenters. The largest absolute Gasteiger partial charge is 0.313 e. The third-order valence-corrected chi connectivity index (χ3v) is 3.11. The predicted octanol–water partition coefficient (Wildman–Crippen LogP) is 1.95. The first kappa shape index (κ1) is 7.35. The minimum Gasteiger partial charge on any atom is -0.313 e. The van der Waals surface area contributed by atoms with Crippen molar-refractivity contribution >= 4 is 0 Å². The standard InChI is InChI=1S/C10H17N/c1-2-8-3-4-9-5-6-11-10(9)7-8/h3-4,8-11H,2,5-7H2,1H3. The lowest BCUT2D eigenvalue weighted by Gasteiger charge is -2.25. The molecule has 11 heavy (non-hydrogen) atoms. The Hall–Kier alpha value is -0.300. The molecule has 1 heteroatoms. The zero-order valence-corrected chi connectivity index (χ0v) is 7.22. The molecule has 0 bridgehead atoms. The predicted molar refractivity (Wildman–Crippen MR) is 47.4 cm³/mol. The van der Waals surface area contributed by atoms with Crippen molar-refractivity contribution in [3.8, 4) is 0 Å². The Morgan fingerprint density at radius 3 is 3.18 bits per heavy atom. The van der Waals surface area contributed by atoms with E-state index in [1.54, 1.807) is 0 Å². The van der Waals surface area contributed by atoms with E-state index < -0.39 is 0 Å². The maximum absolute atomic E-state index is 3.57. The Labute approximate surface area is 68.9 Å². The maximum atomic E-state index is 3.57. The second-order valence-corrected chi connectivity index (χ2v) is 3.80. The smallest absolute Gasteiger partial charge is 0.0136 e. The highest BCUT2D eigenvalue weighted by Gasteiger charge is 2.28. The van der Waals surface area contributed by atoms with Crippen molar-refractivity contribution in [2.45, 2.75) is 32.2 Å². The number of hydrogen-bond acceptors (Lipinski definition) is 1. The number of nitrogens with one attached hydrogen (secondary N) is 1. The van der Waals surface area contributed by atoms with Crippen LogP contribution in [0.4, 0.5) is 0 Å². The molecule has 0 radical (unpaired) electrons. The van der Waals surface area contributed by atoms with Crippen LogP contribution in [0.1, 0.15) is 26.2 Å². The quantitative estimate of drug-likeness (QED) is 0.565. The molecule has 3 unspecified atom stereocenters. The average Bonchev–Trinajstić information content (AvgIpc) is 2.50. The van der Waals surface area contributed by atoms with Gasteiger partial charge in [-0.3, -0.25) is 0 Å². The van der Waals surface area contributed by atoms with Crippen LogP contribution in [0.3, 0.4) is 0 Å². The van der Waals surface area contributed by atoms with Gasteiger partial charge < -0.3 is 5.32 Å². The van der Waals surface area contributed by atoms with Crippen LogP contribution < -0.4 is 5.32 Å². The Kier molecular flexibility index (Phi) is 1.99. The van der Waals surface area contributed by atoms with E-state index in [1.165, 1.54) is 25.8 Å². The summed E-state index contributed by atoms with van der Waals surface area (Å²) in [7, 11) is 0. The van der Waals surface area contributed by atoms with Crippen molar-refractivity contribution in [2.75, 3.05) is 6.54 Å². The first-order chi connectivity index (χ1) is 5.40. The molecule has 1 nitrogen and oxygen atoms in total. The fraction of sp³-hybridized carbons (Fsp3) is 0.800. The normalized spacial score (nSPS) is 42.5. The van der Waals surface area contributed by atoms with Crippen molar-refractivity contribution in [1.29, 1.82) is 0 Å². The Morgan fingerprint density at radius 2 is 2.36 bits per heavy atom. The van der Waals surface area contributed by atoms with Gasteiger partial charge in [-0.15, -0.1) is 0 Å². The molecule has 0 aromatic heterocycles. The van der Waals surface area contributed by atoms with Crippen molar-refractivity contribution in [1.82, 2.24) is 5.32 Å². The molecule has 1 N–H and O–H groups in total. The second kappa shape index (κ2) is 2.98. The molecule has 1 saturated heterocycles. The van der Waals surface area contributed by atoms with E-state index >= 15 is 0 Å². The summed E-state index contributed by atoms with van der Waals surface area (Å²) in [6.07, 6.45) is 8.90. The zero-order valence-electron chi connectivity index (χ0n) is 7.22. The molecule has 0 saturated carbocycles. The molecular weight excluding hydrogens is 134 g/mol. The van der Waals surface area contributed by atoms with Crippen LogP contribution in [0.2, 0.25) is 0 Å². The fourth-order valence-electron chi connectivity index (χ4n) is 2.28. The molecule has 1 fully saturated rings. The van der Waals surface area contributed by atoms with Crippen molar-refractivity contribution in [3.63, 3.8) is 0 Å². The second-order valence-electron chi connectivity index (χ2n) is 3.80. The Morgan fingerprint density at radius 1 is 1.45 bits per heavy atom. The summed E-state index contributed by atoms with van der Waals surface area (Å²) in [4.78, 5) is 0. The maximum Gasteiger partial charge on any atom is 0.0136 e. The van der Waals surface area contributed by atoms with E-state index in [0.29, 0.717) is 0 Å². The Balaban J connectivity index is 2.03. The molecule has 1 aliphatic carbocycles. The first-order valence-corrected chi connectivity index (χ1v) is 4.82. The molecule has 62 valence electrons. The molecule has 0 spiro atoms. The van der Waals surface area contributed by atoms with Crippen LogP contribution in [-0.4, -0.2) is 12.6 Å². The summed E-state index contributed by atoms with van der Waals surface area (Å²) in [6, 6.07) is 0.810. The van der Waals surface area contributed by atoms with Gasteiger partial charge >= 0.3 is 0 Å². The number of fused-ring (bicyclic) bond motifs is 1. The fourth-order valence-corrected chi connectivity index (χ4v) is 2.28. The lowest BCUT2D eigenvalue weighted by molar-refractivity contribution is 0.394. The first-order valence-electron chi connectivity index (χ1n) is 4.82. The van der Waals surface area contributed by atoms with Crippen LogP contribution in [0.25, 0.3) is 0 Å². The summed E-state index contributed by atoms with van der Waals surface area (Å²) < 4.78 is 0. The summed E-state index contributed by atoms with van der Waals surface area (Å²) in [5.74, 6) is 1.71. The molecule has 0 amide bonds. The average molecular weight is 151 g/mol. The lowest BCUT2D eigenvalue weighted by Crippen LogP contribution is -2.30. The van der Waals surface area contributed by atoms with Gasteiger partial charge in [-0.25, -0.2) is 0 Å². The van der Waals surface area contributed by atoms with Crippen LogP contribution in [0, 0.1) is 11.8 Å². The highest BCUT2D eigenvalue weighted by atomic mass is 14.9. The molecule has 2 rings (SSSR count). The summed E-state index contributed by atoms with van der Waals surface area (Å²) in [6.45, 7) is 3.51. The van der Waals surface area contributed by atoms with Gasteiger partial charge in [0.1, 0.15) is 0 Å². The van der Waals surface area contributed by atoms with Gasteiger partial charge in [0, 0.05) is 6.04 Å². The summed E-state index contributed by atoms with van der Waals surface area (Å²) in [5.41, 5.74) is 0. The highest BCUT2D eigenvalue weighted by Crippen LogP contribution is 2.29. The van der Waals surface area contributed by atoms with E-state index in [0.717, 1.165) is 17.9 Å². The number of rotatable bonds is 1. The van der Waals surface area contributed by atoms with E-state index in [4.69, 9.17) is 0 Å². The molecule has 0 aromatic carbocycles. The third-order valence-electron chi connectivity index (χ3n) is 3.11. The molecule has 1 aliphatic heterocycles. The number of allylic oxidation sites excluding steroid dienone is 1. The number of hydrogen-bond donors (Lipinski definition) is 1. The van der Waals surface area contributed by atoms with Crippen LogP contribution in [0.15, 0.2) is 12.2 Å². The molecule has 0 aromatic rings. The van der Waals surface area contributed by atoms with Crippen LogP contribution in [-0.2, 0) is 0 Å². The SMILES string of the molecule is CCC1C=CC2CCNC2C1. The van der Waals surface area contributed by atoms with Gasteiger partial charge in [0.2, 0.25) is 0 Å². The minimum atomic E-state index is 0.810. The highest BCUT2D eigenvalue weighted by molar-refractivity contribution is 5.06. The molecular formula is C10H17N. The van der Waals surface area contributed by atoms with Gasteiger partial charge in [-0.05, 0) is 37.6 Å². The van der Waals surface area contributed by atoms with Gasteiger partial charge in [0.05, 0.1) is 0 Å². The van der Waals surface area contributed by atoms with Crippen LogP contribution >= 0.6 is 0 Å². The molecule has 2 aliphatic rings. The summed E-state index contributed by atoms with van der Waals surface area (Å²) >= 11 is 0. The minimum absolute atomic E-state index is 0.810. The van der Waals surface area contributed by atoms with E-state index in [9.17, 15) is 0 Å². The van der Waals surface area contributed by atoms with E-state index in [-0.39, 0.29) is 0 Å². The summed E-state index contributed by atoms with van der Waals surface area (Å²) in [5, 5.41) is 3.57. The van der Waals surface area contributed by atoms with Gasteiger partial charge in [0.15, 0.2) is 0 Å². The Bertz CT molecular complexity index is 162. The van der Waals surface area contributed by atoms with E-state index in [2.05, 4.69) is 24.4 Å².